The van der Waals surface area contributed by atoms with Gasteiger partial charge >= 0.3 is 0 Å². The van der Waals surface area contributed by atoms with Gasteiger partial charge in [0.05, 0.1) is 5.02 Å². The average molecular weight is 312 g/mol. The van der Waals surface area contributed by atoms with Gasteiger partial charge in [-0.15, -0.1) is 0 Å². The van der Waals surface area contributed by atoms with E-state index in [1.54, 1.807) is 12.1 Å². The molecule has 0 aromatic heterocycles. The predicted octanol–water partition coefficient (Wildman–Crippen LogP) is 3.67. The Morgan fingerprint density at radius 1 is 1.24 bits per heavy atom. The lowest BCUT2D eigenvalue weighted by Gasteiger charge is -2.21. The highest BCUT2D eigenvalue weighted by Crippen LogP contribution is 2.38. The number of rotatable bonds is 5. The van der Waals surface area contributed by atoms with Crippen LogP contribution in [0.3, 0.4) is 0 Å². The van der Waals surface area contributed by atoms with Gasteiger partial charge in [-0.25, -0.2) is 0 Å². The fourth-order valence-electron chi connectivity index (χ4n) is 2.20. The van der Waals surface area contributed by atoms with Crippen LogP contribution in [0.15, 0.2) is 12.1 Å². The fourth-order valence-corrected chi connectivity index (χ4v) is 2.47. The summed E-state index contributed by atoms with van der Waals surface area (Å²) in [6, 6.07) is 3.44. The molecule has 116 valence electrons. The summed E-state index contributed by atoms with van der Waals surface area (Å²) < 4.78 is 10.9. The number of hydrogen-bond donors (Lipinski definition) is 1. The van der Waals surface area contributed by atoms with Crippen molar-refractivity contribution >= 4 is 17.5 Å². The van der Waals surface area contributed by atoms with Crippen molar-refractivity contribution in [2.24, 2.45) is 5.92 Å². The maximum Gasteiger partial charge on any atom is 0.251 e. The minimum absolute atomic E-state index is 0.131. The predicted molar refractivity (Wildman–Crippen MR) is 83.4 cm³/mol. The van der Waals surface area contributed by atoms with Gasteiger partial charge < -0.3 is 14.8 Å². The third kappa shape index (κ3) is 4.27. The van der Waals surface area contributed by atoms with Crippen LogP contribution in [0.2, 0.25) is 5.02 Å². The molecule has 0 unspecified atom stereocenters. The van der Waals surface area contributed by atoms with E-state index in [4.69, 9.17) is 21.1 Å². The quantitative estimate of drug-likeness (QED) is 0.902. The van der Waals surface area contributed by atoms with Gasteiger partial charge in [0.25, 0.3) is 5.91 Å². The molecule has 1 atom stereocenters. The summed E-state index contributed by atoms with van der Waals surface area (Å²) in [5, 5.41) is 3.40. The van der Waals surface area contributed by atoms with Crippen LogP contribution in [0.5, 0.6) is 11.5 Å². The largest absolute Gasteiger partial charge is 0.486 e. The second-order valence-corrected chi connectivity index (χ2v) is 6.24. The van der Waals surface area contributed by atoms with Crippen molar-refractivity contribution in [2.75, 3.05) is 13.2 Å². The lowest BCUT2D eigenvalue weighted by atomic mass is 10.0. The Morgan fingerprint density at radius 2 is 1.95 bits per heavy atom. The zero-order chi connectivity index (χ0) is 15.4. The van der Waals surface area contributed by atoms with Crippen molar-refractivity contribution < 1.29 is 14.3 Å². The smallest absolute Gasteiger partial charge is 0.251 e. The number of halogens is 1. The zero-order valence-corrected chi connectivity index (χ0v) is 13.5. The highest BCUT2D eigenvalue weighted by molar-refractivity contribution is 6.32. The summed E-state index contributed by atoms with van der Waals surface area (Å²) in [7, 11) is 0. The van der Waals surface area contributed by atoms with Crippen molar-refractivity contribution in [2.45, 2.75) is 39.7 Å². The van der Waals surface area contributed by atoms with E-state index in [9.17, 15) is 4.79 Å². The maximum absolute atomic E-state index is 12.3. The second-order valence-electron chi connectivity index (χ2n) is 5.83. The molecule has 1 aromatic carbocycles. The first kappa shape index (κ1) is 16.0. The molecule has 0 saturated heterocycles. The molecule has 0 bridgehead atoms. The van der Waals surface area contributed by atoms with Gasteiger partial charge in [0.15, 0.2) is 11.5 Å². The topological polar surface area (TPSA) is 47.6 Å². The van der Waals surface area contributed by atoms with E-state index < -0.39 is 0 Å². The van der Waals surface area contributed by atoms with E-state index in [1.807, 2.05) is 6.92 Å². The molecule has 4 nitrogen and oxygen atoms in total. The van der Waals surface area contributed by atoms with Gasteiger partial charge in [-0.05, 0) is 37.8 Å². The van der Waals surface area contributed by atoms with E-state index in [2.05, 4.69) is 19.2 Å². The van der Waals surface area contributed by atoms with E-state index in [1.165, 1.54) is 0 Å². The van der Waals surface area contributed by atoms with E-state index in [0.717, 1.165) is 12.8 Å². The number of carbonyl (C=O) groups excluding carboxylic acids is 1. The Hall–Kier alpha value is -1.42. The molecule has 0 radical (unpaired) electrons. The first-order valence-corrected chi connectivity index (χ1v) is 7.75. The molecule has 0 aliphatic carbocycles. The number of fused-ring (bicyclic) bond motifs is 1. The monoisotopic (exact) mass is 311 g/mol. The minimum Gasteiger partial charge on any atom is -0.486 e. The number of amides is 1. The van der Waals surface area contributed by atoms with Crippen LogP contribution in [0.1, 0.15) is 44.0 Å². The molecule has 0 spiro atoms. The van der Waals surface area contributed by atoms with Crippen LogP contribution in [-0.4, -0.2) is 25.2 Å². The first-order chi connectivity index (χ1) is 9.97. The molecule has 2 rings (SSSR count). The number of hydrogen-bond acceptors (Lipinski definition) is 3. The molecule has 21 heavy (non-hydrogen) atoms. The number of benzene rings is 1. The summed E-state index contributed by atoms with van der Waals surface area (Å²) in [5.74, 6) is 1.55. The van der Waals surface area contributed by atoms with Gasteiger partial charge in [0, 0.05) is 11.6 Å². The molecule has 1 amide bonds. The van der Waals surface area contributed by atoms with Crippen molar-refractivity contribution in [3.63, 3.8) is 0 Å². The second kappa shape index (κ2) is 7.03. The van der Waals surface area contributed by atoms with Crippen molar-refractivity contribution in [1.82, 2.24) is 5.32 Å². The third-order valence-corrected chi connectivity index (χ3v) is 3.69. The number of ether oxygens (including phenoxy) is 2. The Morgan fingerprint density at radius 3 is 2.67 bits per heavy atom. The van der Waals surface area contributed by atoms with Gasteiger partial charge in [-0.3, -0.25) is 4.79 Å². The Bertz CT molecular complexity index is 516. The van der Waals surface area contributed by atoms with Crippen molar-refractivity contribution in [1.29, 1.82) is 0 Å². The summed E-state index contributed by atoms with van der Waals surface area (Å²) in [6.07, 6.45) is 2.05. The molecule has 0 saturated carbocycles. The maximum atomic E-state index is 12.3. The van der Waals surface area contributed by atoms with E-state index >= 15 is 0 Å². The highest BCUT2D eigenvalue weighted by atomic mass is 35.5. The van der Waals surface area contributed by atoms with Crippen LogP contribution in [0, 0.1) is 5.92 Å². The highest BCUT2D eigenvalue weighted by Gasteiger charge is 2.20. The minimum atomic E-state index is -0.134. The normalized spacial score (nSPS) is 14.9. The zero-order valence-electron chi connectivity index (χ0n) is 12.7. The summed E-state index contributed by atoms with van der Waals surface area (Å²) in [6.45, 7) is 7.31. The Kier molecular flexibility index (Phi) is 5.34. The first-order valence-electron chi connectivity index (χ1n) is 7.37. The molecule has 1 aromatic rings. The molecule has 1 N–H and O–H groups in total. The summed E-state index contributed by atoms with van der Waals surface area (Å²) in [4.78, 5) is 12.3. The van der Waals surface area contributed by atoms with Crippen molar-refractivity contribution in [3.05, 3.63) is 22.7 Å². The van der Waals surface area contributed by atoms with E-state index in [0.29, 0.717) is 41.2 Å². The lowest BCUT2D eigenvalue weighted by Crippen LogP contribution is -2.32. The Balaban J connectivity index is 2.04. The molecule has 1 aliphatic heterocycles. The standard InChI is InChI=1S/C16H22ClNO3/c1-10(2)4-5-11(3)18-16(19)12-8-13(17)15-14(9-12)20-6-7-21-15/h8-11H,4-7H2,1-3H3,(H,18,19)/t11-/m0/s1. The summed E-state index contributed by atoms with van der Waals surface area (Å²) in [5.41, 5.74) is 0.501. The van der Waals surface area contributed by atoms with Crippen LogP contribution in [-0.2, 0) is 0 Å². The van der Waals surface area contributed by atoms with Crippen LogP contribution < -0.4 is 14.8 Å². The number of carbonyl (C=O) groups is 1. The van der Waals surface area contributed by atoms with Crippen LogP contribution >= 0.6 is 11.6 Å². The molecule has 1 aliphatic rings. The number of nitrogens with one attached hydrogen (secondary N) is 1. The van der Waals surface area contributed by atoms with Crippen LogP contribution in [0.4, 0.5) is 0 Å². The van der Waals surface area contributed by atoms with Crippen LogP contribution in [0.25, 0.3) is 0 Å². The molecule has 1 heterocycles. The molecule has 5 heteroatoms. The summed E-state index contributed by atoms with van der Waals surface area (Å²) >= 11 is 6.15. The Labute approximate surface area is 130 Å². The van der Waals surface area contributed by atoms with Crippen molar-refractivity contribution in [3.8, 4) is 11.5 Å². The average Bonchev–Trinajstić information content (AvgIpc) is 2.45. The third-order valence-electron chi connectivity index (χ3n) is 3.41. The van der Waals surface area contributed by atoms with Gasteiger partial charge in [0.2, 0.25) is 0 Å². The van der Waals surface area contributed by atoms with E-state index in [-0.39, 0.29) is 11.9 Å². The van der Waals surface area contributed by atoms with Gasteiger partial charge in [-0.2, -0.15) is 0 Å². The molecular formula is C16H22ClNO3. The lowest BCUT2D eigenvalue weighted by molar-refractivity contribution is 0.0936. The fraction of sp³-hybridized carbons (Fsp3) is 0.562. The van der Waals surface area contributed by atoms with Gasteiger partial charge in [-0.1, -0.05) is 25.4 Å². The van der Waals surface area contributed by atoms with Gasteiger partial charge in [0.1, 0.15) is 13.2 Å². The molecule has 0 fully saturated rings. The molecular weight excluding hydrogens is 290 g/mol. The SMILES string of the molecule is CC(C)CC[C@H](C)NC(=O)c1cc(Cl)c2c(c1)OCCO2.